The van der Waals surface area contributed by atoms with Crippen LogP contribution in [0.1, 0.15) is 39.7 Å². The predicted molar refractivity (Wildman–Crippen MR) is 149 cm³/mol. The minimum atomic E-state index is -3.90. The number of benzene rings is 2. The van der Waals surface area contributed by atoms with Crippen LogP contribution in [0.3, 0.4) is 0 Å². The Hall–Kier alpha value is -2.20. The van der Waals surface area contributed by atoms with Crippen LogP contribution in [-0.2, 0) is 26.2 Å². The quantitative estimate of drug-likeness (QED) is 0.412. The SMILES string of the molecule is CC[C@H](C(=O)NC(C)(C)C)N(Cc1ccc(Cl)c(Cl)c1)C(=O)CN(c1ccc(OC)c(Cl)c1)S(C)(=O)=O. The van der Waals surface area contributed by atoms with Gasteiger partial charge in [0.2, 0.25) is 21.8 Å². The van der Waals surface area contributed by atoms with E-state index in [1.807, 2.05) is 20.8 Å². The Morgan fingerprint density at radius 2 is 1.68 bits per heavy atom. The lowest BCUT2D eigenvalue weighted by Gasteiger charge is -2.34. The number of hydrogen-bond acceptors (Lipinski definition) is 5. The fraction of sp³-hybridized carbons (Fsp3) is 0.440. The van der Waals surface area contributed by atoms with Crippen molar-refractivity contribution in [2.45, 2.75) is 52.2 Å². The number of anilines is 1. The molecule has 2 rings (SSSR count). The molecule has 0 radical (unpaired) electrons. The van der Waals surface area contributed by atoms with Gasteiger partial charge in [0, 0.05) is 12.1 Å². The van der Waals surface area contributed by atoms with E-state index in [-0.39, 0.29) is 23.2 Å². The van der Waals surface area contributed by atoms with Crippen LogP contribution in [0, 0.1) is 0 Å². The van der Waals surface area contributed by atoms with Crippen LogP contribution in [0.2, 0.25) is 15.1 Å². The van der Waals surface area contributed by atoms with Gasteiger partial charge in [0.15, 0.2) is 0 Å². The van der Waals surface area contributed by atoms with Crippen molar-refractivity contribution in [3.05, 3.63) is 57.0 Å². The number of amides is 2. The summed E-state index contributed by atoms with van der Waals surface area (Å²) in [5.74, 6) is -0.586. The Kier molecular flexibility index (Phi) is 10.5. The zero-order valence-electron chi connectivity index (χ0n) is 21.6. The van der Waals surface area contributed by atoms with Crippen LogP contribution in [0.5, 0.6) is 5.75 Å². The van der Waals surface area contributed by atoms with Crippen LogP contribution in [0.25, 0.3) is 0 Å². The molecule has 2 amide bonds. The van der Waals surface area contributed by atoms with E-state index in [9.17, 15) is 18.0 Å². The number of carbonyl (C=O) groups excluding carboxylic acids is 2. The molecule has 0 unspecified atom stereocenters. The highest BCUT2D eigenvalue weighted by molar-refractivity contribution is 7.92. The van der Waals surface area contributed by atoms with E-state index in [2.05, 4.69) is 5.32 Å². The van der Waals surface area contributed by atoms with E-state index < -0.39 is 34.1 Å². The third kappa shape index (κ3) is 8.67. The molecular weight excluding hydrogens is 561 g/mol. The van der Waals surface area contributed by atoms with E-state index in [1.54, 1.807) is 25.1 Å². The Morgan fingerprint density at radius 3 is 2.16 bits per heavy atom. The smallest absolute Gasteiger partial charge is 0.244 e. The molecule has 0 fully saturated rings. The van der Waals surface area contributed by atoms with Gasteiger partial charge < -0.3 is 15.0 Å². The maximum absolute atomic E-state index is 13.7. The summed E-state index contributed by atoms with van der Waals surface area (Å²) in [5, 5.41) is 3.73. The molecule has 0 saturated heterocycles. The lowest BCUT2D eigenvalue weighted by atomic mass is 10.1. The van der Waals surface area contributed by atoms with Crippen molar-refractivity contribution in [3.8, 4) is 5.75 Å². The van der Waals surface area contributed by atoms with Gasteiger partial charge in [0.1, 0.15) is 18.3 Å². The number of ether oxygens (including phenoxy) is 1. The summed E-state index contributed by atoms with van der Waals surface area (Å²) in [7, 11) is -2.46. The molecule has 0 aliphatic heterocycles. The first-order valence-electron chi connectivity index (χ1n) is 11.4. The minimum Gasteiger partial charge on any atom is -0.495 e. The van der Waals surface area contributed by atoms with E-state index in [0.717, 1.165) is 10.6 Å². The first-order valence-corrected chi connectivity index (χ1v) is 14.4. The van der Waals surface area contributed by atoms with Crippen LogP contribution in [0.4, 0.5) is 5.69 Å². The van der Waals surface area contributed by atoms with Crippen molar-refractivity contribution in [2.24, 2.45) is 0 Å². The summed E-state index contributed by atoms with van der Waals surface area (Å²) in [4.78, 5) is 28.3. The number of hydrogen-bond donors (Lipinski definition) is 1. The molecule has 2 aromatic carbocycles. The van der Waals surface area contributed by atoms with E-state index in [4.69, 9.17) is 39.5 Å². The zero-order valence-corrected chi connectivity index (χ0v) is 24.7. The number of nitrogens with one attached hydrogen (secondary N) is 1. The molecule has 0 bridgehead atoms. The molecule has 0 saturated carbocycles. The second kappa shape index (κ2) is 12.6. The molecule has 12 heteroatoms. The van der Waals surface area contributed by atoms with Crippen molar-refractivity contribution >= 4 is 62.3 Å². The molecule has 0 spiro atoms. The molecule has 1 N–H and O–H groups in total. The molecule has 204 valence electrons. The topological polar surface area (TPSA) is 96.0 Å². The van der Waals surface area contributed by atoms with Gasteiger partial charge in [-0.15, -0.1) is 0 Å². The lowest BCUT2D eigenvalue weighted by molar-refractivity contribution is -0.141. The fourth-order valence-corrected chi connectivity index (χ4v) is 5.05. The van der Waals surface area contributed by atoms with Crippen LogP contribution in [-0.4, -0.2) is 56.6 Å². The summed E-state index contributed by atoms with van der Waals surface area (Å²) in [5.41, 5.74) is 0.271. The average molecular weight is 593 g/mol. The van der Waals surface area contributed by atoms with Crippen molar-refractivity contribution in [3.63, 3.8) is 0 Å². The van der Waals surface area contributed by atoms with Gasteiger partial charge in [-0.1, -0.05) is 47.8 Å². The summed E-state index contributed by atoms with van der Waals surface area (Å²) >= 11 is 18.4. The molecular formula is C25H32Cl3N3O5S. The fourth-order valence-electron chi connectivity index (χ4n) is 3.63. The van der Waals surface area contributed by atoms with Crippen molar-refractivity contribution in [1.82, 2.24) is 10.2 Å². The summed E-state index contributed by atoms with van der Waals surface area (Å²) in [6.45, 7) is 6.74. The molecule has 0 aliphatic rings. The average Bonchev–Trinajstić information content (AvgIpc) is 2.77. The van der Waals surface area contributed by atoms with Crippen molar-refractivity contribution in [1.29, 1.82) is 0 Å². The highest BCUT2D eigenvalue weighted by atomic mass is 35.5. The van der Waals surface area contributed by atoms with Gasteiger partial charge in [0.25, 0.3) is 0 Å². The van der Waals surface area contributed by atoms with Crippen LogP contribution < -0.4 is 14.4 Å². The Balaban J connectivity index is 2.51. The zero-order chi connectivity index (χ0) is 28.1. The van der Waals surface area contributed by atoms with Crippen molar-refractivity contribution in [2.75, 3.05) is 24.2 Å². The number of sulfonamides is 1. The first kappa shape index (κ1) is 31.0. The minimum absolute atomic E-state index is 0.00671. The monoisotopic (exact) mass is 591 g/mol. The number of halogens is 3. The molecule has 0 heterocycles. The van der Waals surface area contributed by atoms with E-state index in [0.29, 0.717) is 27.8 Å². The number of rotatable bonds is 10. The Bertz CT molecular complexity index is 1250. The summed E-state index contributed by atoms with van der Waals surface area (Å²) in [6.07, 6.45) is 1.29. The van der Waals surface area contributed by atoms with Gasteiger partial charge >= 0.3 is 0 Å². The van der Waals surface area contributed by atoms with Gasteiger partial charge in [-0.2, -0.15) is 0 Å². The predicted octanol–water partition coefficient (Wildman–Crippen LogP) is 5.14. The molecule has 8 nitrogen and oxygen atoms in total. The second-order valence-electron chi connectivity index (χ2n) is 9.52. The third-order valence-electron chi connectivity index (χ3n) is 5.32. The first-order chi connectivity index (χ1) is 17.1. The normalized spacial score (nSPS) is 12.6. The van der Waals surface area contributed by atoms with Gasteiger partial charge in [-0.25, -0.2) is 8.42 Å². The third-order valence-corrected chi connectivity index (χ3v) is 7.50. The van der Waals surface area contributed by atoms with Crippen molar-refractivity contribution < 1.29 is 22.7 Å². The molecule has 0 aromatic heterocycles. The Labute approximate surface area is 233 Å². The standard InChI is InChI=1S/C25H32Cl3N3O5S/c1-7-21(24(33)29-25(2,3)4)30(14-16-8-10-18(26)19(27)12-16)23(32)15-31(37(6,34)35)17-9-11-22(36-5)20(28)13-17/h8-13,21H,7,14-15H2,1-6H3,(H,29,33)/t21-/m1/s1. The summed E-state index contributed by atoms with van der Waals surface area (Å²) in [6, 6.07) is 8.44. The number of nitrogens with zero attached hydrogens (tertiary/aromatic N) is 2. The molecule has 2 aromatic rings. The van der Waals surface area contributed by atoms with Gasteiger partial charge in [0.05, 0.1) is 34.1 Å². The van der Waals surface area contributed by atoms with Gasteiger partial charge in [-0.05, 0) is 63.1 Å². The highest BCUT2D eigenvalue weighted by Crippen LogP contribution is 2.30. The maximum atomic E-state index is 13.7. The maximum Gasteiger partial charge on any atom is 0.244 e. The second-order valence-corrected chi connectivity index (χ2v) is 12.7. The van der Waals surface area contributed by atoms with E-state index >= 15 is 0 Å². The summed E-state index contributed by atoms with van der Waals surface area (Å²) < 4.78 is 31.5. The Morgan fingerprint density at radius 1 is 1.03 bits per heavy atom. The number of carbonyl (C=O) groups is 2. The lowest BCUT2D eigenvalue weighted by Crippen LogP contribution is -2.55. The van der Waals surface area contributed by atoms with Crippen LogP contribution >= 0.6 is 34.8 Å². The highest BCUT2D eigenvalue weighted by Gasteiger charge is 2.33. The van der Waals surface area contributed by atoms with E-state index in [1.165, 1.54) is 30.2 Å². The molecule has 37 heavy (non-hydrogen) atoms. The largest absolute Gasteiger partial charge is 0.495 e. The number of methoxy groups -OCH3 is 1. The molecule has 1 atom stereocenters. The molecule has 0 aliphatic carbocycles. The van der Waals surface area contributed by atoms with Gasteiger partial charge in [-0.3, -0.25) is 13.9 Å². The van der Waals surface area contributed by atoms with Crippen LogP contribution in [0.15, 0.2) is 36.4 Å².